The first-order valence-electron chi connectivity index (χ1n) is 6.75. The SMILES string of the molecule is CN1Nc2c3c(nc4cccc(c24)C1=O)CCCC3. The fourth-order valence-electron chi connectivity index (χ4n) is 3.18. The van der Waals surface area contributed by atoms with Crippen LogP contribution in [0.4, 0.5) is 5.69 Å². The van der Waals surface area contributed by atoms with Crippen molar-refractivity contribution in [3.05, 3.63) is 35.0 Å². The van der Waals surface area contributed by atoms with E-state index in [9.17, 15) is 4.79 Å². The number of hydrogen-bond donors (Lipinski definition) is 1. The topological polar surface area (TPSA) is 45.2 Å². The Balaban J connectivity index is 2.13. The van der Waals surface area contributed by atoms with Gasteiger partial charge in [-0.25, -0.2) is 0 Å². The molecule has 4 rings (SSSR count). The Hall–Kier alpha value is -2.10. The third-order valence-electron chi connectivity index (χ3n) is 4.10. The molecule has 4 heteroatoms. The molecule has 2 heterocycles. The van der Waals surface area contributed by atoms with Crippen LogP contribution in [0.5, 0.6) is 0 Å². The van der Waals surface area contributed by atoms with E-state index < -0.39 is 0 Å². The molecule has 1 aromatic carbocycles. The number of rotatable bonds is 0. The summed E-state index contributed by atoms with van der Waals surface area (Å²) in [5.41, 5.74) is 8.52. The molecule has 2 aliphatic rings. The molecule has 19 heavy (non-hydrogen) atoms. The quantitative estimate of drug-likeness (QED) is 0.784. The van der Waals surface area contributed by atoms with Crippen molar-refractivity contribution in [1.29, 1.82) is 0 Å². The number of anilines is 1. The first-order chi connectivity index (χ1) is 9.25. The number of nitrogens with zero attached hydrogens (tertiary/aromatic N) is 2. The van der Waals surface area contributed by atoms with Gasteiger partial charge < -0.3 is 0 Å². The average molecular weight is 253 g/mol. The summed E-state index contributed by atoms with van der Waals surface area (Å²) >= 11 is 0. The Morgan fingerprint density at radius 1 is 1.26 bits per heavy atom. The zero-order chi connectivity index (χ0) is 13.0. The molecule has 1 N–H and O–H groups in total. The Morgan fingerprint density at radius 2 is 2.11 bits per heavy atom. The van der Waals surface area contributed by atoms with Gasteiger partial charge in [0.15, 0.2) is 0 Å². The summed E-state index contributed by atoms with van der Waals surface area (Å²) in [5, 5.41) is 2.57. The van der Waals surface area contributed by atoms with Gasteiger partial charge in [-0.05, 0) is 43.4 Å². The fraction of sp³-hybridized carbons (Fsp3) is 0.333. The summed E-state index contributed by atoms with van der Waals surface area (Å²) < 4.78 is 0. The van der Waals surface area contributed by atoms with Crippen LogP contribution in [0, 0.1) is 0 Å². The van der Waals surface area contributed by atoms with Crippen LogP contribution >= 0.6 is 0 Å². The van der Waals surface area contributed by atoms with E-state index >= 15 is 0 Å². The number of carbonyl (C=O) groups is 1. The van der Waals surface area contributed by atoms with Crippen molar-refractivity contribution in [2.24, 2.45) is 0 Å². The smallest absolute Gasteiger partial charge is 0.272 e. The van der Waals surface area contributed by atoms with Crippen LogP contribution in [0.3, 0.4) is 0 Å². The van der Waals surface area contributed by atoms with E-state index in [0.29, 0.717) is 0 Å². The van der Waals surface area contributed by atoms with Crippen LogP contribution in [-0.2, 0) is 12.8 Å². The van der Waals surface area contributed by atoms with Crippen molar-refractivity contribution in [3.8, 4) is 0 Å². The molecular weight excluding hydrogens is 238 g/mol. The lowest BCUT2D eigenvalue weighted by Gasteiger charge is -2.30. The van der Waals surface area contributed by atoms with Gasteiger partial charge in [0.1, 0.15) is 0 Å². The van der Waals surface area contributed by atoms with Gasteiger partial charge in [-0.3, -0.25) is 20.2 Å². The maximum atomic E-state index is 12.2. The Morgan fingerprint density at radius 3 is 3.00 bits per heavy atom. The average Bonchev–Trinajstić information content (AvgIpc) is 2.44. The molecule has 0 saturated carbocycles. The van der Waals surface area contributed by atoms with Crippen molar-refractivity contribution in [2.45, 2.75) is 25.7 Å². The highest BCUT2D eigenvalue weighted by Crippen LogP contribution is 2.37. The van der Waals surface area contributed by atoms with E-state index in [4.69, 9.17) is 4.98 Å². The molecular formula is C15H15N3O. The Bertz CT molecular complexity index is 708. The van der Waals surface area contributed by atoms with Gasteiger partial charge in [0.25, 0.3) is 5.91 Å². The minimum absolute atomic E-state index is 0.00987. The lowest BCUT2D eigenvalue weighted by Crippen LogP contribution is -2.36. The number of pyridine rings is 1. The van der Waals surface area contributed by atoms with Gasteiger partial charge >= 0.3 is 0 Å². The van der Waals surface area contributed by atoms with Gasteiger partial charge in [-0.2, -0.15) is 0 Å². The maximum absolute atomic E-state index is 12.2. The number of hydrogen-bond acceptors (Lipinski definition) is 3. The number of benzene rings is 1. The van der Waals surface area contributed by atoms with E-state index in [0.717, 1.165) is 35.0 Å². The molecule has 0 bridgehead atoms. The highest BCUT2D eigenvalue weighted by molar-refractivity contribution is 6.14. The fourth-order valence-corrected chi connectivity index (χ4v) is 3.18. The second kappa shape index (κ2) is 3.70. The molecule has 0 atom stereocenters. The molecule has 0 unspecified atom stereocenters. The second-order valence-electron chi connectivity index (χ2n) is 5.29. The maximum Gasteiger partial charge on any atom is 0.272 e. The van der Waals surface area contributed by atoms with Crippen molar-refractivity contribution < 1.29 is 4.79 Å². The summed E-state index contributed by atoms with van der Waals surface area (Å²) in [6.45, 7) is 0. The van der Waals surface area contributed by atoms with Crippen LogP contribution in [0.1, 0.15) is 34.5 Å². The zero-order valence-corrected chi connectivity index (χ0v) is 10.9. The Kier molecular flexibility index (Phi) is 2.10. The molecule has 1 aromatic heterocycles. The van der Waals surface area contributed by atoms with Crippen LogP contribution in [0.2, 0.25) is 0 Å². The lowest BCUT2D eigenvalue weighted by molar-refractivity contribution is 0.0824. The van der Waals surface area contributed by atoms with Crippen molar-refractivity contribution in [2.75, 3.05) is 12.5 Å². The number of amides is 1. The molecule has 0 radical (unpaired) electrons. The number of fused-ring (bicyclic) bond motifs is 2. The molecule has 0 spiro atoms. The molecule has 96 valence electrons. The highest BCUT2D eigenvalue weighted by atomic mass is 16.2. The number of hydrazine groups is 1. The van der Waals surface area contributed by atoms with Crippen molar-refractivity contribution >= 4 is 22.5 Å². The van der Waals surface area contributed by atoms with Gasteiger partial charge in [-0.1, -0.05) is 6.07 Å². The monoisotopic (exact) mass is 253 g/mol. The minimum Gasteiger partial charge on any atom is -0.295 e. The molecule has 1 aliphatic carbocycles. The van der Waals surface area contributed by atoms with Crippen LogP contribution in [-0.4, -0.2) is 22.9 Å². The number of carbonyl (C=O) groups excluding carboxylic acids is 1. The summed E-state index contributed by atoms with van der Waals surface area (Å²) in [6, 6.07) is 5.81. The van der Waals surface area contributed by atoms with Crippen LogP contribution in [0.15, 0.2) is 18.2 Å². The van der Waals surface area contributed by atoms with E-state index in [1.807, 2.05) is 18.2 Å². The van der Waals surface area contributed by atoms with Gasteiger partial charge in [0, 0.05) is 18.1 Å². The van der Waals surface area contributed by atoms with E-state index in [2.05, 4.69) is 5.43 Å². The largest absolute Gasteiger partial charge is 0.295 e. The summed E-state index contributed by atoms with van der Waals surface area (Å²) in [6.07, 6.45) is 4.51. The molecule has 0 fully saturated rings. The zero-order valence-electron chi connectivity index (χ0n) is 10.9. The molecule has 4 nitrogen and oxygen atoms in total. The lowest BCUT2D eigenvalue weighted by atomic mass is 9.91. The normalized spacial score (nSPS) is 17.3. The number of aromatic nitrogens is 1. The molecule has 0 saturated heterocycles. The van der Waals surface area contributed by atoms with Crippen LogP contribution in [0.25, 0.3) is 10.9 Å². The summed E-state index contributed by atoms with van der Waals surface area (Å²) in [5.74, 6) is 0.00987. The summed E-state index contributed by atoms with van der Waals surface area (Å²) in [4.78, 5) is 17.0. The van der Waals surface area contributed by atoms with E-state index in [1.165, 1.54) is 24.1 Å². The predicted molar refractivity (Wildman–Crippen MR) is 74.1 cm³/mol. The second-order valence-corrected chi connectivity index (χ2v) is 5.29. The van der Waals surface area contributed by atoms with Gasteiger partial charge in [0.2, 0.25) is 0 Å². The van der Waals surface area contributed by atoms with Crippen LogP contribution < -0.4 is 5.43 Å². The predicted octanol–water partition coefficient (Wildman–Crippen LogP) is 2.53. The minimum atomic E-state index is 0.00987. The van der Waals surface area contributed by atoms with Crippen molar-refractivity contribution in [1.82, 2.24) is 9.99 Å². The first kappa shape index (κ1) is 10.8. The highest BCUT2D eigenvalue weighted by Gasteiger charge is 2.27. The van der Waals surface area contributed by atoms with E-state index in [1.54, 1.807) is 12.1 Å². The third kappa shape index (κ3) is 1.40. The Labute approximate surface area is 111 Å². The standard InChI is InChI=1S/C15H15N3O/c1-18-15(19)10-6-4-8-12-13(10)14(17-18)9-5-2-3-7-11(9)16-12/h4,6,8,17H,2-3,5,7H2,1H3. The third-order valence-corrected chi connectivity index (χ3v) is 4.10. The number of aryl methyl sites for hydroxylation is 1. The number of nitrogens with one attached hydrogen (secondary N) is 1. The van der Waals surface area contributed by atoms with Gasteiger partial charge in [-0.15, -0.1) is 0 Å². The van der Waals surface area contributed by atoms with Gasteiger partial charge in [0.05, 0.1) is 16.8 Å². The molecule has 1 aliphatic heterocycles. The molecule has 1 amide bonds. The molecule has 2 aromatic rings. The first-order valence-corrected chi connectivity index (χ1v) is 6.75. The van der Waals surface area contributed by atoms with Crippen molar-refractivity contribution in [3.63, 3.8) is 0 Å². The van der Waals surface area contributed by atoms with E-state index in [-0.39, 0.29) is 5.91 Å². The summed E-state index contributed by atoms with van der Waals surface area (Å²) in [7, 11) is 1.78.